The van der Waals surface area contributed by atoms with Crippen LogP contribution in [0.25, 0.3) is 0 Å². The molecule has 0 saturated carbocycles. The van der Waals surface area contributed by atoms with Crippen LogP contribution in [-0.4, -0.2) is 26.3 Å². The summed E-state index contributed by atoms with van der Waals surface area (Å²) in [5.41, 5.74) is 0.465. The number of esters is 1. The SMILES string of the molecule is CCCCOc1cc(C(=O)OC)ccc1OCC. The van der Waals surface area contributed by atoms with Gasteiger partial charge in [-0.1, -0.05) is 13.3 Å². The van der Waals surface area contributed by atoms with Gasteiger partial charge < -0.3 is 14.2 Å². The molecule has 0 spiro atoms. The Kier molecular flexibility index (Phi) is 6.05. The van der Waals surface area contributed by atoms with Gasteiger partial charge in [0, 0.05) is 0 Å². The quantitative estimate of drug-likeness (QED) is 0.552. The standard InChI is InChI=1S/C14H20O4/c1-4-6-9-18-13-10-11(14(15)16-3)7-8-12(13)17-5-2/h7-8,10H,4-6,9H2,1-3H3. The third kappa shape index (κ3) is 3.95. The zero-order valence-electron chi connectivity index (χ0n) is 11.2. The molecule has 0 radical (unpaired) electrons. The minimum Gasteiger partial charge on any atom is -0.490 e. The van der Waals surface area contributed by atoms with E-state index in [4.69, 9.17) is 9.47 Å². The molecule has 1 rings (SSSR count). The van der Waals surface area contributed by atoms with E-state index >= 15 is 0 Å². The van der Waals surface area contributed by atoms with Crippen molar-refractivity contribution in [3.05, 3.63) is 23.8 Å². The Morgan fingerprint density at radius 1 is 1.17 bits per heavy atom. The fraction of sp³-hybridized carbons (Fsp3) is 0.500. The molecule has 4 nitrogen and oxygen atoms in total. The van der Waals surface area contributed by atoms with Crippen molar-refractivity contribution in [1.82, 2.24) is 0 Å². The van der Waals surface area contributed by atoms with E-state index in [1.165, 1.54) is 7.11 Å². The average molecular weight is 252 g/mol. The lowest BCUT2D eigenvalue weighted by Gasteiger charge is -2.12. The highest BCUT2D eigenvalue weighted by molar-refractivity contribution is 5.90. The predicted octanol–water partition coefficient (Wildman–Crippen LogP) is 3.05. The van der Waals surface area contributed by atoms with E-state index in [9.17, 15) is 4.79 Å². The summed E-state index contributed by atoms with van der Waals surface area (Å²) in [6.45, 7) is 5.17. The fourth-order valence-electron chi connectivity index (χ4n) is 1.47. The van der Waals surface area contributed by atoms with Gasteiger partial charge in [-0.05, 0) is 31.5 Å². The predicted molar refractivity (Wildman–Crippen MR) is 69.4 cm³/mol. The van der Waals surface area contributed by atoms with Crippen LogP contribution in [0.1, 0.15) is 37.0 Å². The first kappa shape index (κ1) is 14.4. The summed E-state index contributed by atoms with van der Waals surface area (Å²) >= 11 is 0. The summed E-state index contributed by atoms with van der Waals surface area (Å²) in [7, 11) is 1.36. The van der Waals surface area contributed by atoms with Crippen molar-refractivity contribution in [3.8, 4) is 11.5 Å². The molecular formula is C14H20O4. The summed E-state index contributed by atoms with van der Waals surface area (Å²) in [6.07, 6.45) is 2.02. The second kappa shape index (κ2) is 7.58. The van der Waals surface area contributed by atoms with E-state index < -0.39 is 0 Å². The van der Waals surface area contributed by atoms with Crippen molar-refractivity contribution < 1.29 is 19.0 Å². The van der Waals surface area contributed by atoms with Crippen LogP contribution in [0.4, 0.5) is 0 Å². The van der Waals surface area contributed by atoms with Crippen LogP contribution >= 0.6 is 0 Å². The minimum atomic E-state index is -0.376. The highest BCUT2D eigenvalue weighted by Crippen LogP contribution is 2.29. The molecule has 0 N–H and O–H groups in total. The second-order valence-electron chi connectivity index (χ2n) is 3.79. The molecule has 0 aliphatic carbocycles. The van der Waals surface area contributed by atoms with E-state index in [0.29, 0.717) is 30.3 Å². The number of methoxy groups -OCH3 is 1. The number of rotatable bonds is 7. The van der Waals surface area contributed by atoms with E-state index in [1.807, 2.05) is 6.92 Å². The maximum absolute atomic E-state index is 11.4. The van der Waals surface area contributed by atoms with E-state index in [-0.39, 0.29) is 5.97 Å². The molecule has 0 aliphatic rings. The second-order valence-corrected chi connectivity index (χ2v) is 3.79. The number of carbonyl (C=O) groups is 1. The molecule has 18 heavy (non-hydrogen) atoms. The summed E-state index contributed by atoms with van der Waals surface area (Å²) in [6, 6.07) is 5.06. The molecule has 0 atom stereocenters. The van der Waals surface area contributed by atoms with Gasteiger partial charge in [0.15, 0.2) is 11.5 Å². The molecule has 1 aromatic rings. The zero-order valence-corrected chi connectivity index (χ0v) is 11.2. The van der Waals surface area contributed by atoms with E-state index in [0.717, 1.165) is 12.8 Å². The molecule has 4 heteroatoms. The van der Waals surface area contributed by atoms with Gasteiger partial charge in [-0.3, -0.25) is 0 Å². The van der Waals surface area contributed by atoms with Crippen molar-refractivity contribution >= 4 is 5.97 Å². The lowest BCUT2D eigenvalue weighted by atomic mass is 10.2. The van der Waals surface area contributed by atoms with Crippen molar-refractivity contribution in [2.45, 2.75) is 26.7 Å². The van der Waals surface area contributed by atoms with Gasteiger partial charge in [0.05, 0.1) is 25.9 Å². The Morgan fingerprint density at radius 3 is 2.56 bits per heavy atom. The topological polar surface area (TPSA) is 44.8 Å². The van der Waals surface area contributed by atoms with Crippen LogP contribution < -0.4 is 9.47 Å². The van der Waals surface area contributed by atoms with Gasteiger partial charge in [0.2, 0.25) is 0 Å². The average Bonchev–Trinajstić information content (AvgIpc) is 2.40. The number of hydrogen-bond acceptors (Lipinski definition) is 4. The van der Waals surface area contributed by atoms with Gasteiger partial charge in [0.1, 0.15) is 0 Å². The summed E-state index contributed by atoms with van der Waals surface area (Å²) in [4.78, 5) is 11.4. The largest absolute Gasteiger partial charge is 0.490 e. The maximum Gasteiger partial charge on any atom is 0.337 e. The van der Waals surface area contributed by atoms with Crippen LogP contribution in [0.3, 0.4) is 0 Å². The first-order valence-electron chi connectivity index (χ1n) is 6.20. The first-order valence-corrected chi connectivity index (χ1v) is 6.20. The Morgan fingerprint density at radius 2 is 1.94 bits per heavy atom. The minimum absolute atomic E-state index is 0.376. The number of carbonyl (C=O) groups excluding carboxylic acids is 1. The smallest absolute Gasteiger partial charge is 0.337 e. The Labute approximate surface area is 108 Å². The van der Waals surface area contributed by atoms with Gasteiger partial charge in [-0.15, -0.1) is 0 Å². The summed E-state index contributed by atoms with van der Waals surface area (Å²) in [5, 5.41) is 0. The van der Waals surface area contributed by atoms with Crippen LogP contribution in [0.15, 0.2) is 18.2 Å². The molecule has 0 aliphatic heterocycles. The molecule has 0 fully saturated rings. The van der Waals surface area contributed by atoms with Crippen molar-refractivity contribution in [2.75, 3.05) is 20.3 Å². The lowest BCUT2D eigenvalue weighted by Crippen LogP contribution is -2.05. The van der Waals surface area contributed by atoms with Gasteiger partial charge in [-0.25, -0.2) is 4.79 Å². The molecule has 0 saturated heterocycles. The molecule has 100 valence electrons. The van der Waals surface area contributed by atoms with Gasteiger partial charge >= 0.3 is 5.97 Å². The van der Waals surface area contributed by atoms with Crippen LogP contribution in [0, 0.1) is 0 Å². The van der Waals surface area contributed by atoms with E-state index in [1.54, 1.807) is 18.2 Å². The van der Waals surface area contributed by atoms with Crippen molar-refractivity contribution in [2.24, 2.45) is 0 Å². The Hall–Kier alpha value is -1.71. The number of ether oxygens (including phenoxy) is 3. The zero-order chi connectivity index (χ0) is 13.4. The Bertz CT molecular complexity index is 387. The lowest BCUT2D eigenvalue weighted by molar-refractivity contribution is 0.0600. The van der Waals surface area contributed by atoms with Crippen LogP contribution in [-0.2, 0) is 4.74 Å². The maximum atomic E-state index is 11.4. The first-order chi connectivity index (χ1) is 8.72. The third-order valence-corrected chi connectivity index (χ3v) is 2.42. The Balaban J connectivity index is 2.88. The highest BCUT2D eigenvalue weighted by Gasteiger charge is 2.11. The number of unbranched alkanes of at least 4 members (excludes halogenated alkanes) is 1. The third-order valence-electron chi connectivity index (χ3n) is 2.42. The van der Waals surface area contributed by atoms with Crippen molar-refractivity contribution in [1.29, 1.82) is 0 Å². The molecule has 1 aromatic carbocycles. The van der Waals surface area contributed by atoms with Crippen LogP contribution in [0.2, 0.25) is 0 Å². The van der Waals surface area contributed by atoms with E-state index in [2.05, 4.69) is 11.7 Å². The molecular weight excluding hydrogens is 232 g/mol. The molecule has 0 aromatic heterocycles. The molecule has 0 heterocycles. The fourth-order valence-corrected chi connectivity index (χ4v) is 1.47. The van der Waals surface area contributed by atoms with Crippen molar-refractivity contribution in [3.63, 3.8) is 0 Å². The van der Waals surface area contributed by atoms with Gasteiger partial charge in [-0.2, -0.15) is 0 Å². The normalized spacial score (nSPS) is 9.94. The summed E-state index contributed by atoms with van der Waals surface area (Å²) in [5.74, 6) is 0.868. The molecule has 0 unspecified atom stereocenters. The number of benzene rings is 1. The van der Waals surface area contributed by atoms with Gasteiger partial charge in [0.25, 0.3) is 0 Å². The number of hydrogen-bond donors (Lipinski definition) is 0. The molecule has 0 bridgehead atoms. The summed E-state index contributed by atoms with van der Waals surface area (Å²) < 4.78 is 15.8. The highest BCUT2D eigenvalue weighted by atomic mass is 16.5. The molecule has 0 amide bonds. The van der Waals surface area contributed by atoms with Crippen LogP contribution in [0.5, 0.6) is 11.5 Å². The monoisotopic (exact) mass is 252 g/mol.